The lowest BCUT2D eigenvalue weighted by molar-refractivity contribution is -0.123. The first-order valence-electron chi connectivity index (χ1n) is 8.60. The van der Waals surface area contributed by atoms with Gasteiger partial charge in [-0.15, -0.1) is 0 Å². The van der Waals surface area contributed by atoms with E-state index in [1.165, 1.54) is 30.5 Å². The van der Waals surface area contributed by atoms with E-state index < -0.39 is 5.91 Å². The Morgan fingerprint density at radius 3 is 2.59 bits per heavy atom. The minimum Gasteiger partial charge on any atom is -0.484 e. The number of aromatic nitrogens is 2. The predicted molar refractivity (Wildman–Crippen MR) is 110 cm³/mol. The molecule has 0 bridgehead atoms. The summed E-state index contributed by atoms with van der Waals surface area (Å²) in [4.78, 5) is 11.8. The van der Waals surface area contributed by atoms with E-state index in [0.717, 1.165) is 5.56 Å². The topological polar surface area (TPSA) is 68.5 Å². The zero-order valence-electron chi connectivity index (χ0n) is 15.4. The van der Waals surface area contributed by atoms with Crippen molar-refractivity contribution < 1.29 is 13.9 Å². The zero-order chi connectivity index (χ0) is 20.8. The van der Waals surface area contributed by atoms with Crippen LogP contribution in [-0.4, -0.2) is 28.5 Å². The third-order valence-corrected chi connectivity index (χ3v) is 4.57. The molecule has 0 atom stereocenters. The third-order valence-electron chi connectivity index (χ3n) is 3.92. The number of rotatable bonds is 7. The molecule has 6 nitrogen and oxygen atoms in total. The first kappa shape index (κ1) is 20.8. The summed E-state index contributed by atoms with van der Waals surface area (Å²) in [5.74, 6) is -0.462. The first-order valence-corrected chi connectivity index (χ1v) is 9.35. The summed E-state index contributed by atoms with van der Waals surface area (Å²) < 4.78 is 19.7. The predicted octanol–water partition coefficient (Wildman–Crippen LogP) is 4.21. The molecule has 3 rings (SSSR count). The molecule has 9 heteroatoms. The summed E-state index contributed by atoms with van der Waals surface area (Å²) in [6, 6.07) is 12.7. The number of nitrogens with one attached hydrogen (secondary N) is 1. The number of hydrogen-bond donors (Lipinski definition) is 1. The Kier molecular flexibility index (Phi) is 6.85. The summed E-state index contributed by atoms with van der Waals surface area (Å²) in [5, 5.41) is 9.36. The molecule has 0 radical (unpaired) electrons. The third kappa shape index (κ3) is 5.79. The van der Waals surface area contributed by atoms with Crippen LogP contribution in [0.2, 0.25) is 10.2 Å². The number of benzene rings is 2. The fourth-order valence-electron chi connectivity index (χ4n) is 2.46. The molecule has 0 saturated heterocycles. The van der Waals surface area contributed by atoms with E-state index in [1.54, 1.807) is 23.7 Å². The number of amides is 1. The number of hydrogen-bond acceptors (Lipinski definition) is 4. The highest BCUT2D eigenvalue weighted by atomic mass is 35.5. The van der Waals surface area contributed by atoms with E-state index in [9.17, 15) is 9.18 Å². The highest BCUT2D eigenvalue weighted by molar-refractivity contribution is 6.32. The zero-order valence-corrected chi connectivity index (χ0v) is 16.9. The normalized spacial score (nSPS) is 11.0. The number of halogens is 3. The van der Waals surface area contributed by atoms with E-state index >= 15 is 0 Å². The Bertz CT molecular complexity index is 1020. The Labute approximate surface area is 176 Å². The van der Waals surface area contributed by atoms with Gasteiger partial charge in [0.2, 0.25) is 0 Å². The van der Waals surface area contributed by atoms with Crippen LogP contribution in [0.25, 0.3) is 0 Å². The van der Waals surface area contributed by atoms with E-state index in [2.05, 4.69) is 15.6 Å². The van der Waals surface area contributed by atoms with Gasteiger partial charge in [-0.2, -0.15) is 10.2 Å². The van der Waals surface area contributed by atoms with E-state index in [0.29, 0.717) is 33.7 Å². The van der Waals surface area contributed by atoms with E-state index in [4.69, 9.17) is 27.9 Å². The van der Waals surface area contributed by atoms with Gasteiger partial charge in [-0.1, -0.05) is 35.3 Å². The molecule has 0 aliphatic rings. The monoisotopic (exact) mass is 434 g/mol. The molecule has 0 unspecified atom stereocenters. The molecule has 1 aromatic heterocycles. The molecule has 0 spiro atoms. The van der Waals surface area contributed by atoms with Gasteiger partial charge >= 0.3 is 0 Å². The molecule has 1 N–H and O–H groups in total. The average Bonchev–Trinajstić information content (AvgIpc) is 2.96. The van der Waals surface area contributed by atoms with Crippen LogP contribution >= 0.6 is 23.2 Å². The van der Waals surface area contributed by atoms with Gasteiger partial charge in [0.1, 0.15) is 16.7 Å². The molecule has 0 aliphatic carbocycles. The molecule has 0 fully saturated rings. The highest BCUT2D eigenvalue weighted by Gasteiger charge is 2.12. The Hall–Kier alpha value is -2.90. The van der Waals surface area contributed by atoms with Crippen LogP contribution in [0.4, 0.5) is 4.39 Å². The first-order chi connectivity index (χ1) is 13.9. The SMILES string of the molecule is Cc1nn(Cc2ccc(Cl)cc2)c(Cl)c1C=NNC(=O)COc1ccc(F)cc1. The molecule has 1 heterocycles. The van der Waals surface area contributed by atoms with Crippen LogP contribution in [-0.2, 0) is 11.3 Å². The van der Waals surface area contributed by atoms with Crippen molar-refractivity contribution in [3.05, 3.63) is 81.3 Å². The second-order valence-corrected chi connectivity index (χ2v) is 6.90. The highest BCUT2D eigenvalue weighted by Crippen LogP contribution is 2.20. The number of aryl methyl sites for hydroxylation is 1. The van der Waals surface area contributed by atoms with Gasteiger partial charge in [0.05, 0.1) is 24.0 Å². The lowest BCUT2D eigenvalue weighted by atomic mass is 10.2. The molecular weight excluding hydrogens is 418 g/mol. The van der Waals surface area contributed by atoms with Crippen molar-refractivity contribution in [3.8, 4) is 5.75 Å². The summed E-state index contributed by atoms with van der Waals surface area (Å²) in [6.07, 6.45) is 1.43. The van der Waals surface area contributed by atoms with Crippen molar-refractivity contribution >= 4 is 35.3 Å². The molecule has 150 valence electrons. The maximum absolute atomic E-state index is 12.8. The van der Waals surface area contributed by atoms with E-state index in [-0.39, 0.29) is 12.4 Å². The van der Waals surface area contributed by atoms with Crippen molar-refractivity contribution in [2.75, 3.05) is 6.61 Å². The lowest BCUT2D eigenvalue weighted by Crippen LogP contribution is -2.24. The van der Waals surface area contributed by atoms with Crippen LogP contribution in [0.15, 0.2) is 53.6 Å². The minimum absolute atomic E-state index is 0.258. The molecule has 3 aromatic rings. The Balaban J connectivity index is 1.57. The second kappa shape index (κ2) is 9.54. The van der Waals surface area contributed by atoms with E-state index in [1.807, 2.05) is 12.1 Å². The van der Waals surface area contributed by atoms with Crippen molar-refractivity contribution in [1.29, 1.82) is 0 Å². The van der Waals surface area contributed by atoms with Gasteiger partial charge in [0.25, 0.3) is 5.91 Å². The quantitative estimate of drug-likeness (QED) is 0.447. The summed E-state index contributed by atoms with van der Waals surface area (Å²) >= 11 is 12.3. The molecule has 0 saturated carbocycles. The summed E-state index contributed by atoms with van der Waals surface area (Å²) in [5.41, 5.74) is 4.62. The molecule has 2 aromatic carbocycles. The number of nitrogens with zero attached hydrogens (tertiary/aromatic N) is 3. The largest absolute Gasteiger partial charge is 0.484 e. The van der Waals surface area contributed by atoms with Crippen LogP contribution in [0, 0.1) is 12.7 Å². The smallest absolute Gasteiger partial charge is 0.277 e. The number of carbonyl (C=O) groups excluding carboxylic acids is 1. The molecule has 1 amide bonds. The van der Waals surface area contributed by atoms with Gasteiger partial charge in [-0.25, -0.2) is 14.5 Å². The molecule has 29 heavy (non-hydrogen) atoms. The van der Waals surface area contributed by atoms with Crippen LogP contribution < -0.4 is 10.2 Å². The number of ether oxygens (including phenoxy) is 1. The van der Waals surface area contributed by atoms with Crippen molar-refractivity contribution in [2.45, 2.75) is 13.5 Å². The van der Waals surface area contributed by atoms with Crippen LogP contribution in [0.5, 0.6) is 5.75 Å². The van der Waals surface area contributed by atoms with Crippen LogP contribution in [0.3, 0.4) is 0 Å². The van der Waals surface area contributed by atoms with Crippen molar-refractivity contribution in [2.24, 2.45) is 5.10 Å². The maximum Gasteiger partial charge on any atom is 0.277 e. The second-order valence-electron chi connectivity index (χ2n) is 6.11. The lowest BCUT2D eigenvalue weighted by Gasteiger charge is -2.04. The fourth-order valence-corrected chi connectivity index (χ4v) is 2.87. The summed E-state index contributed by atoms with van der Waals surface area (Å²) in [7, 11) is 0. The minimum atomic E-state index is -0.465. The maximum atomic E-state index is 12.8. The Morgan fingerprint density at radius 2 is 1.90 bits per heavy atom. The van der Waals surface area contributed by atoms with Crippen molar-refractivity contribution in [1.82, 2.24) is 15.2 Å². The standard InChI is InChI=1S/C20H17Cl2FN4O2/c1-13-18(20(22)27(26-13)11-14-2-4-15(21)5-3-14)10-24-25-19(28)12-29-17-8-6-16(23)7-9-17/h2-10H,11-12H2,1H3,(H,25,28). The number of carbonyl (C=O) groups is 1. The number of hydrazone groups is 1. The average molecular weight is 435 g/mol. The van der Waals surface area contributed by atoms with Crippen LogP contribution in [0.1, 0.15) is 16.8 Å². The van der Waals surface area contributed by atoms with Gasteiger partial charge in [0.15, 0.2) is 6.61 Å². The van der Waals surface area contributed by atoms with Gasteiger partial charge in [-0.05, 0) is 48.9 Å². The van der Waals surface area contributed by atoms with Gasteiger partial charge < -0.3 is 4.74 Å². The van der Waals surface area contributed by atoms with Gasteiger partial charge in [-0.3, -0.25) is 4.79 Å². The Morgan fingerprint density at radius 1 is 1.21 bits per heavy atom. The fraction of sp³-hybridized carbons (Fsp3) is 0.150. The molecule has 0 aliphatic heterocycles. The van der Waals surface area contributed by atoms with Gasteiger partial charge in [0, 0.05) is 5.02 Å². The molecular formula is C20H17Cl2FN4O2. The van der Waals surface area contributed by atoms with Crippen molar-refractivity contribution in [3.63, 3.8) is 0 Å². The summed E-state index contributed by atoms with van der Waals surface area (Å²) in [6.45, 7) is 2.01.